The number of terminal acetylenes is 1. The average Bonchev–Trinajstić information content (AvgIpc) is 3.23. The second kappa shape index (κ2) is 12.5. The Kier molecular flexibility index (Phi) is 9.84. The van der Waals surface area contributed by atoms with E-state index in [1.807, 2.05) is 20.8 Å². The molecule has 8 atom stereocenters. The summed E-state index contributed by atoms with van der Waals surface area (Å²) in [7, 11) is 0. The topological polar surface area (TPSA) is 23.5 Å². The van der Waals surface area contributed by atoms with E-state index in [1.54, 1.807) is 5.57 Å². The molecule has 0 aliphatic heterocycles. The lowest BCUT2D eigenvalue weighted by Gasteiger charge is -2.57. The van der Waals surface area contributed by atoms with E-state index in [2.05, 4.69) is 87.5 Å². The van der Waals surface area contributed by atoms with Crippen molar-refractivity contribution in [2.45, 2.75) is 117 Å². The first kappa shape index (κ1) is 31.6. The van der Waals surface area contributed by atoms with Crippen LogP contribution in [0.2, 0.25) is 0 Å². The van der Waals surface area contributed by atoms with Crippen LogP contribution in [0.3, 0.4) is 0 Å². The van der Waals surface area contributed by atoms with Gasteiger partial charge in [0.05, 0.1) is 6.10 Å². The van der Waals surface area contributed by atoms with Crippen molar-refractivity contribution < 1.29 is 5.11 Å². The molecule has 0 aromatic heterocycles. The zero-order chi connectivity index (χ0) is 29.3. The highest BCUT2D eigenvalue weighted by Gasteiger charge is 2.59. The summed E-state index contributed by atoms with van der Waals surface area (Å²) in [5.74, 6) is 7.36. The monoisotopic (exact) mass is 563 g/mol. The lowest BCUT2D eigenvalue weighted by molar-refractivity contribution is -0.0662. The van der Waals surface area contributed by atoms with Gasteiger partial charge in [-0.25, -0.2) is 0 Å². The summed E-state index contributed by atoms with van der Waals surface area (Å²) in [6.07, 6.45) is 16.4. The molecule has 0 saturated heterocycles. The molecular weight excluding hydrogens is 506 g/mol. The number of thioether (sulfide) groups is 1. The molecule has 3 saturated carbocycles. The maximum Gasteiger partial charge on any atom is 0.0596 e. The molecule has 5 rings (SSSR count). The minimum Gasteiger partial charge on any atom is -0.393 e. The highest BCUT2D eigenvalue weighted by molar-refractivity contribution is 8.00. The Morgan fingerprint density at radius 1 is 1.00 bits per heavy atom. The van der Waals surface area contributed by atoms with Crippen LogP contribution in [0.25, 0.3) is 0 Å². The van der Waals surface area contributed by atoms with Gasteiger partial charge in [0.1, 0.15) is 0 Å². The van der Waals surface area contributed by atoms with Crippen LogP contribution in [0.1, 0.15) is 112 Å². The Morgan fingerprint density at radius 2 is 1.65 bits per heavy atom. The first-order valence-electron chi connectivity index (χ1n) is 16.3. The van der Waals surface area contributed by atoms with Crippen molar-refractivity contribution in [3.63, 3.8) is 0 Å². The van der Waals surface area contributed by atoms with Gasteiger partial charge in [0.15, 0.2) is 0 Å². The Balaban J connectivity index is 0.000000557. The smallest absolute Gasteiger partial charge is 0.0596 e. The Hall–Kier alpha value is -1.37. The van der Waals surface area contributed by atoms with E-state index in [0.29, 0.717) is 16.6 Å². The molecule has 40 heavy (non-hydrogen) atoms. The van der Waals surface area contributed by atoms with Gasteiger partial charge in [-0.3, -0.25) is 0 Å². The fourth-order valence-corrected chi connectivity index (χ4v) is 10.1. The normalized spacial score (nSPS) is 36.6. The lowest BCUT2D eigenvalue weighted by atomic mass is 9.48. The first-order valence-corrected chi connectivity index (χ1v) is 17.2. The van der Waals surface area contributed by atoms with E-state index in [0.717, 1.165) is 43.7 Å². The van der Waals surface area contributed by atoms with Gasteiger partial charge >= 0.3 is 0 Å². The minimum atomic E-state index is -0.122. The van der Waals surface area contributed by atoms with Crippen LogP contribution in [-0.4, -0.2) is 34.8 Å². The van der Waals surface area contributed by atoms with Gasteiger partial charge in [-0.15, -0.1) is 12.3 Å². The van der Waals surface area contributed by atoms with Crippen LogP contribution in [0, 0.1) is 46.8 Å². The molecule has 4 aliphatic carbocycles. The maximum absolute atomic E-state index is 11.2. The molecule has 0 radical (unpaired) electrons. The summed E-state index contributed by atoms with van der Waals surface area (Å²) in [6.45, 7) is 19.8. The van der Waals surface area contributed by atoms with Crippen LogP contribution in [0.15, 0.2) is 35.9 Å². The van der Waals surface area contributed by atoms with Gasteiger partial charge < -0.3 is 10.0 Å². The predicted molar refractivity (Wildman–Crippen MR) is 176 cm³/mol. The molecule has 3 heteroatoms. The van der Waals surface area contributed by atoms with Gasteiger partial charge in [-0.2, -0.15) is 11.8 Å². The molecular formula is C37H57NOS. The first-order chi connectivity index (χ1) is 18.9. The van der Waals surface area contributed by atoms with Crippen molar-refractivity contribution in [3.8, 4) is 12.3 Å². The summed E-state index contributed by atoms with van der Waals surface area (Å²) in [4.78, 5) is 2.44. The minimum absolute atomic E-state index is 0.0694. The Morgan fingerprint density at radius 3 is 2.23 bits per heavy atom. The van der Waals surface area contributed by atoms with Gasteiger partial charge in [0.2, 0.25) is 0 Å². The molecule has 1 aromatic rings. The fraction of sp³-hybridized carbons (Fsp3) is 0.730. The number of rotatable bonds is 6. The number of allylic oxidation sites excluding steroid dienone is 1. The van der Waals surface area contributed by atoms with Crippen molar-refractivity contribution in [1.82, 2.24) is 0 Å². The molecule has 0 bridgehead atoms. The Labute approximate surface area is 251 Å². The van der Waals surface area contributed by atoms with Crippen molar-refractivity contribution in [3.05, 3.63) is 41.5 Å². The van der Waals surface area contributed by atoms with E-state index in [1.165, 1.54) is 49.1 Å². The largest absolute Gasteiger partial charge is 0.393 e. The number of fused-ring (bicyclic) bond motifs is 5. The third kappa shape index (κ3) is 6.34. The van der Waals surface area contributed by atoms with Gasteiger partial charge in [0, 0.05) is 28.9 Å². The second-order valence-corrected chi connectivity index (χ2v) is 16.4. The molecule has 2 nitrogen and oxygen atoms in total. The molecule has 4 aliphatic rings. The summed E-state index contributed by atoms with van der Waals surface area (Å²) >= 11 is 2.15. The number of hydrogen-bond acceptors (Lipinski definition) is 3. The molecule has 8 unspecified atom stereocenters. The summed E-state index contributed by atoms with van der Waals surface area (Å²) in [5.41, 5.74) is 4.82. The van der Waals surface area contributed by atoms with Crippen molar-refractivity contribution in [2.24, 2.45) is 34.5 Å². The van der Waals surface area contributed by atoms with E-state index < -0.39 is 0 Å². The number of anilines is 1. The number of aliphatic hydroxyl groups is 1. The van der Waals surface area contributed by atoms with Crippen LogP contribution < -0.4 is 4.90 Å². The second-order valence-electron chi connectivity index (χ2n) is 14.6. The van der Waals surface area contributed by atoms with Gasteiger partial charge in [0.25, 0.3) is 0 Å². The number of aliphatic hydroxyl groups excluding tert-OH is 1. The van der Waals surface area contributed by atoms with Crippen LogP contribution in [0.4, 0.5) is 5.69 Å². The van der Waals surface area contributed by atoms with Gasteiger partial charge in [-0.05, 0) is 145 Å². The fourth-order valence-electron chi connectivity index (χ4n) is 8.92. The van der Waals surface area contributed by atoms with E-state index >= 15 is 0 Å². The SMILES string of the molecule is C#CC(C)(C)C.CCSC1(C)C=C2CCC3C(C2CC1)C(c1ccc(N(CC)CC)cc1)CC1(C)C(O)CCC31. The van der Waals surface area contributed by atoms with Crippen LogP contribution >= 0.6 is 11.8 Å². The zero-order valence-corrected chi connectivity index (χ0v) is 27.6. The molecule has 1 aromatic carbocycles. The molecule has 222 valence electrons. The van der Waals surface area contributed by atoms with E-state index in [-0.39, 0.29) is 16.9 Å². The summed E-state index contributed by atoms with van der Waals surface area (Å²) in [6, 6.07) is 9.62. The third-order valence-corrected chi connectivity index (χ3v) is 12.3. The van der Waals surface area contributed by atoms with Crippen LogP contribution in [0.5, 0.6) is 0 Å². The van der Waals surface area contributed by atoms with Crippen LogP contribution in [-0.2, 0) is 0 Å². The summed E-state index contributed by atoms with van der Waals surface area (Å²) < 4.78 is 0.334. The molecule has 1 N–H and O–H groups in total. The number of nitrogens with zero attached hydrogens (tertiary/aromatic N) is 1. The zero-order valence-electron chi connectivity index (χ0n) is 26.8. The maximum atomic E-state index is 11.2. The quantitative estimate of drug-likeness (QED) is 0.275. The van der Waals surface area contributed by atoms with Crippen molar-refractivity contribution in [1.29, 1.82) is 0 Å². The van der Waals surface area contributed by atoms with E-state index in [4.69, 9.17) is 6.42 Å². The molecule has 3 fully saturated rings. The molecule has 0 spiro atoms. The lowest BCUT2D eigenvalue weighted by Crippen LogP contribution is -2.51. The van der Waals surface area contributed by atoms with Crippen molar-refractivity contribution >= 4 is 17.4 Å². The Bertz CT molecular complexity index is 1060. The summed E-state index contributed by atoms with van der Waals surface area (Å²) in [5, 5.41) is 11.2. The number of benzene rings is 1. The van der Waals surface area contributed by atoms with E-state index in [9.17, 15) is 5.11 Å². The van der Waals surface area contributed by atoms with Crippen molar-refractivity contribution in [2.75, 3.05) is 23.7 Å². The highest BCUT2D eigenvalue weighted by Crippen LogP contribution is 2.66. The highest BCUT2D eigenvalue weighted by atomic mass is 32.2. The standard InChI is InChI=1S/C31H47NOS.C6H10/c1-6-32(7-2)23-12-9-21(10-13-23)26-20-31(5)27(15-16-28(31)33)25-14-11-22-19-30(4,34-8-3)18-17-24(22)29(25)26;1-5-6(2,3)4/h9-10,12-13,19,24-29,33H,6-8,11,14-18,20H2,1-5H3;1H,2-4H3. The van der Waals surface area contributed by atoms with Gasteiger partial charge in [-0.1, -0.05) is 37.6 Å². The molecule has 0 amide bonds. The average molecular weight is 564 g/mol. The third-order valence-electron chi connectivity index (χ3n) is 11.0. The molecule has 0 heterocycles. The predicted octanol–water partition coefficient (Wildman–Crippen LogP) is 9.34. The number of hydrogen-bond donors (Lipinski definition) is 1.